The van der Waals surface area contributed by atoms with E-state index < -0.39 is 10.0 Å². The van der Waals surface area contributed by atoms with Crippen molar-refractivity contribution in [3.05, 3.63) is 30.7 Å². The van der Waals surface area contributed by atoms with Crippen LogP contribution in [-0.2, 0) is 10.0 Å². The third-order valence-electron chi connectivity index (χ3n) is 7.98. The minimum Gasteiger partial charge on any atom is -0.355 e. The highest BCUT2D eigenvalue weighted by molar-refractivity contribution is 7.89. The molecule has 1 spiro atoms. The van der Waals surface area contributed by atoms with Gasteiger partial charge in [-0.25, -0.2) is 22.7 Å². The van der Waals surface area contributed by atoms with E-state index in [4.69, 9.17) is 0 Å². The number of allylic oxidation sites excluding steroid dienone is 1. The summed E-state index contributed by atoms with van der Waals surface area (Å²) in [4.78, 5) is 14.4. The van der Waals surface area contributed by atoms with Crippen LogP contribution in [0.2, 0.25) is 0 Å². The molecule has 0 amide bonds. The quantitative estimate of drug-likeness (QED) is 0.684. The number of H-pyrrole nitrogens is 1. The summed E-state index contributed by atoms with van der Waals surface area (Å²) in [6, 6.07) is 2.02. The van der Waals surface area contributed by atoms with Crippen LogP contribution in [0.3, 0.4) is 0 Å². The zero-order valence-electron chi connectivity index (χ0n) is 19.1. The maximum Gasteiger partial charge on any atom is 0.217 e. The van der Waals surface area contributed by atoms with Crippen LogP contribution in [0, 0.1) is 11.3 Å². The maximum atomic E-state index is 13.8. The molecule has 1 unspecified atom stereocenters. The molecular formula is C24H35N5O2S. The van der Waals surface area contributed by atoms with Gasteiger partial charge in [-0.3, -0.25) is 0 Å². The molecule has 1 N–H and O–H groups in total. The van der Waals surface area contributed by atoms with Crippen LogP contribution in [0.25, 0.3) is 11.0 Å². The highest BCUT2D eigenvalue weighted by atomic mass is 32.2. The summed E-state index contributed by atoms with van der Waals surface area (Å²) in [5.41, 5.74) is 1.98. The molecule has 3 fully saturated rings. The first-order valence-corrected chi connectivity index (χ1v) is 13.5. The van der Waals surface area contributed by atoms with Gasteiger partial charge >= 0.3 is 0 Å². The molecule has 32 heavy (non-hydrogen) atoms. The summed E-state index contributed by atoms with van der Waals surface area (Å²) < 4.78 is 29.3. The molecule has 1 saturated heterocycles. The molecule has 7 nitrogen and oxygen atoms in total. The fourth-order valence-electron chi connectivity index (χ4n) is 5.85. The van der Waals surface area contributed by atoms with Crippen LogP contribution in [-0.4, -0.2) is 59.6 Å². The fourth-order valence-corrected chi connectivity index (χ4v) is 8.11. The lowest BCUT2D eigenvalue weighted by Crippen LogP contribution is -2.48. The molecular weight excluding hydrogens is 422 g/mol. The Kier molecular flexibility index (Phi) is 5.78. The summed E-state index contributed by atoms with van der Waals surface area (Å²) >= 11 is 0. The van der Waals surface area contributed by atoms with Gasteiger partial charge in [0.25, 0.3) is 0 Å². The van der Waals surface area contributed by atoms with Gasteiger partial charge in [-0.15, -0.1) is 0 Å². The number of sulfonamides is 1. The first-order chi connectivity index (χ1) is 15.4. The van der Waals surface area contributed by atoms with Crippen LogP contribution >= 0.6 is 0 Å². The number of nitrogens with zero attached hydrogens (tertiary/aromatic N) is 4. The summed E-state index contributed by atoms with van der Waals surface area (Å²) in [6.45, 7) is 6.40. The van der Waals surface area contributed by atoms with E-state index in [-0.39, 0.29) is 10.7 Å². The average molecular weight is 458 g/mol. The van der Waals surface area contributed by atoms with Gasteiger partial charge in [0.2, 0.25) is 10.0 Å². The Morgan fingerprint density at radius 1 is 1.22 bits per heavy atom. The van der Waals surface area contributed by atoms with Crippen molar-refractivity contribution >= 4 is 26.9 Å². The van der Waals surface area contributed by atoms with E-state index in [1.807, 2.05) is 12.3 Å². The number of hydrogen-bond donors (Lipinski definition) is 1. The van der Waals surface area contributed by atoms with Gasteiger partial charge in [0.15, 0.2) is 0 Å². The van der Waals surface area contributed by atoms with Crippen molar-refractivity contribution in [1.29, 1.82) is 0 Å². The van der Waals surface area contributed by atoms with E-state index in [9.17, 15) is 8.42 Å². The Balaban J connectivity index is 1.36. The molecule has 174 valence electrons. The molecule has 3 heterocycles. The normalized spacial score (nSPS) is 24.8. The summed E-state index contributed by atoms with van der Waals surface area (Å²) in [5, 5.41) is 0.712. The zero-order chi connectivity index (χ0) is 22.3. The molecule has 8 heteroatoms. The first-order valence-electron chi connectivity index (χ1n) is 12.0. The van der Waals surface area contributed by atoms with Gasteiger partial charge in [-0.2, -0.15) is 0 Å². The third-order valence-corrected chi connectivity index (χ3v) is 10.5. The molecule has 2 aromatic heterocycles. The number of aromatic amines is 1. The molecule has 5 rings (SSSR count). The highest BCUT2D eigenvalue weighted by Gasteiger charge is 2.56. The summed E-state index contributed by atoms with van der Waals surface area (Å²) in [7, 11) is -1.55. The fraction of sp³-hybridized carbons (Fsp3) is 0.667. The topological polar surface area (TPSA) is 82.2 Å². The van der Waals surface area contributed by atoms with Gasteiger partial charge in [0, 0.05) is 38.3 Å². The zero-order valence-corrected chi connectivity index (χ0v) is 19.9. The smallest absolute Gasteiger partial charge is 0.217 e. The molecule has 1 aliphatic heterocycles. The van der Waals surface area contributed by atoms with Crippen LogP contribution in [0.1, 0.15) is 57.8 Å². The predicted molar refractivity (Wildman–Crippen MR) is 128 cm³/mol. The number of nitrogens with one attached hydrogen (secondary N) is 1. The van der Waals surface area contributed by atoms with E-state index in [1.165, 1.54) is 5.57 Å². The number of aromatic nitrogens is 3. The molecule has 3 aliphatic rings. The standard InChI is InChI=1S/C24H35N5O2S/c1-18-6-8-19(9-7-18)15-28(2)32(30,31)21-5-3-4-14-29(16-24(21)11-12-24)23-20-10-13-25-22(20)26-17-27-23/h10,13,17,19,21H,1,3-9,11-12,14-16H2,2H3,(H,25,26,27). The Labute approximate surface area is 191 Å². The van der Waals surface area contributed by atoms with E-state index in [0.717, 1.165) is 87.7 Å². The van der Waals surface area contributed by atoms with Crippen molar-refractivity contribution in [2.24, 2.45) is 11.3 Å². The summed E-state index contributed by atoms with van der Waals surface area (Å²) in [5.74, 6) is 1.37. The highest BCUT2D eigenvalue weighted by Crippen LogP contribution is 2.54. The molecule has 0 bridgehead atoms. The van der Waals surface area contributed by atoms with Gasteiger partial charge < -0.3 is 9.88 Å². The molecule has 2 aromatic rings. The molecule has 2 saturated carbocycles. The van der Waals surface area contributed by atoms with Crippen molar-refractivity contribution in [2.45, 2.75) is 63.0 Å². The maximum absolute atomic E-state index is 13.8. The van der Waals surface area contributed by atoms with Crippen LogP contribution in [0.15, 0.2) is 30.7 Å². The van der Waals surface area contributed by atoms with Gasteiger partial charge in [-0.1, -0.05) is 18.6 Å². The molecule has 0 radical (unpaired) electrons. The second kappa shape index (κ2) is 8.45. The van der Waals surface area contributed by atoms with E-state index in [0.29, 0.717) is 12.5 Å². The van der Waals surface area contributed by atoms with Crippen molar-refractivity contribution < 1.29 is 8.42 Å². The molecule has 1 atom stereocenters. The SMILES string of the molecule is C=C1CCC(CN(C)S(=O)(=O)C2CCCCN(c3ncnc4[nH]ccc34)CC23CC3)CC1. The molecule has 2 aliphatic carbocycles. The Hall–Kier alpha value is -1.93. The third kappa shape index (κ3) is 4.07. The Morgan fingerprint density at radius 2 is 2.00 bits per heavy atom. The first kappa shape index (κ1) is 21.9. The van der Waals surface area contributed by atoms with Crippen molar-refractivity contribution in [1.82, 2.24) is 19.3 Å². The van der Waals surface area contributed by atoms with Crippen molar-refractivity contribution in [3.63, 3.8) is 0 Å². The number of fused-ring (bicyclic) bond motifs is 1. The van der Waals surface area contributed by atoms with E-state index >= 15 is 0 Å². The Bertz CT molecular complexity index is 1080. The lowest BCUT2D eigenvalue weighted by molar-refractivity contribution is 0.314. The largest absolute Gasteiger partial charge is 0.355 e. The van der Waals surface area contributed by atoms with Crippen LogP contribution < -0.4 is 4.90 Å². The second-order valence-electron chi connectivity index (χ2n) is 10.2. The lowest BCUT2D eigenvalue weighted by atomic mass is 9.87. The van der Waals surface area contributed by atoms with Gasteiger partial charge in [0.1, 0.15) is 17.8 Å². The number of anilines is 1. The predicted octanol–water partition coefficient (Wildman–Crippen LogP) is 4.11. The van der Waals surface area contributed by atoms with Gasteiger partial charge in [-0.05, 0) is 63.4 Å². The number of hydrogen-bond acceptors (Lipinski definition) is 5. The monoisotopic (exact) mass is 457 g/mol. The van der Waals surface area contributed by atoms with Crippen LogP contribution in [0.5, 0.6) is 0 Å². The minimum absolute atomic E-state index is 0.165. The molecule has 0 aromatic carbocycles. The lowest BCUT2D eigenvalue weighted by Gasteiger charge is -2.38. The number of rotatable bonds is 5. The van der Waals surface area contributed by atoms with Gasteiger partial charge in [0.05, 0.1) is 10.6 Å². The van der Waals surface area contributed by atoms with E-state index in [2.05, 4.69) is 26.4 Å². The van der Waals surface area contributed by atoms with E-state index in [1.54, 1.807) is 17.7 Å². The van der Waals surface area contributed by atoms with Crippen molar-refractivity contribution in [3.8, 4) is 0 Å². The average Bonchev–Trinajstić information content (AvgIpc) is 3.37. The van der Waals surface area contributed by atoms with Crippen LogP contribution in [0.4, 0.5) is 5.82 Å². The Morgan fingerprint density at radius 3 is 2.75 bits per heavy atom. The van der Waals surface area contributed by atoms with Crippen molar-refractivity contribution in [2.75, 3.05) is 31.6 Å². The minimum atomic E-state index is -3.35. The second-order valence-corrected chi connectivity index (χ2v) is 12.4. The summed E-state index contributed by atoms with van der Waals surface area (Å²) in [6.07, 6.45) is 12.3.